The van der Waals surface area contributed by atoms with Crippen molar-refractivity contribution in [1.82, 2.24) is 0 Å². The van der Waals surface area contributed by atoms with Crippen molar-refractivity contribution in [1.29, 1.82) is 0 Å². The van der Waals surface area contributed by atoms with Gasteiger partial charge < -0.3 is 4.74 Å². The van der Waals surface area contributed by atoms with Crippen LogP contribution < -0.4 is 0 Å². The van der Waals surface area contributed by atoms with Gasteiger partial charge in [0.25, 0.3) is 0 Å². The molecule has 0 saturated heterocycles. The molecule has 6 heavy (non-hydrogen) atoms. The maximum Gasteiger partial charge on any atom is 0.0934 e. The molecule has 0 spiro atoms. The highest BCUT2D eigenvalue weighted by molar-refractivity contribution is 4.85. The minimum atomic E-state index is 0.644. The Balaban J connectivity index is 2.38. The van der Waals surface area contributed by atoms with Gasteiger partial charge >= 0.3 is 0 Å². The first kappa shape index (κ1) is 3.72. The molecule has 1 aliphatic heterocycles. The van der Waals surface area contributed by atoms with Gasteiger partial charge in [-0.3, -0.25) is 0 Å². The van der Waals surface area contributed by atoms with Gasteiger partial charge in [-0.2, -0.15) is 0 Å². The number of rotatable bonds is 0. The van der Waals surface area contributed by atoms with Crippen molar-refractivity contribution < 1.29 is 4.74 Å². The van der Waals surface area contributed by atoms with Crippen LogP contribution in [0.2, 0.25) is 0 Å². The molecule has 1 nitrogen and oxygen atoms in total. The molecule has 0 aliphatic carbocycles. The Kier molecular flexibility index (Phi) is 0.825. The van der Waals surface area contributed by atoms with Crippen LogP contribution >= 0.6 is 0 Å². The van der Waals surface area contributed by atoms with Crippen molar-refractivity contribution in [2.45, 2.75) is 6.92 Å². The zero-order chi connectivity index (χ0) is 4.41. The molecular formula is C5H8O. The molecule has 0 bridgehead atoms. The summed E-state index contributed by atoms with van der Waals surface area (Å²) in [5, 5.41) is 0. The standard InChI is InChI=1S/C5H8O/c1-5-2-3-6-4-5/h2-3,5H,4H2,1H3/t5-/m0/s1. The van der Waals surface area contributed by atoms with E-state index >= 15 is 0 Å². The summed E-state index contributed by atoms with van der Waals surface area (Å²) in [6.07, 6.45) is 3.81. The highest BCUT2D eigenvalue weighted by Crippen LogP contribution is 2.04. The number of hydrogen-bond acceptors (Lipinski definition) is 1. The number of ether oxygens (including phenoxy) is 1. The minimum absolute atomic E-state index is 0.644. The lowest BCUT2D eigenvalue weighted by atomic mass is 10.2. The molecule has 1 heteroatoms. The average Bonchev–Trinajstić information content (AvgIpc) is 1.86. The molecule has 0 aromatic heterocycles. The summed E-state index contributed by atoms with van der Waals surface area (Å²) < 4.78 is 4.88. The second-order valence-electron chi connectivity index (χ2n) is 1.64. The van der Waals surface area contributed by atoms with Crippen LogP contribution in [0, 0.1) is 5.92 Å². The van der Waals surface area contributed by atoms with E-state index in [1.54, 1.807) is 6.26 Å². The lowest BCUT2D eigenvalue weighted by Gasteiger charge is -1.90. The summed E-state index contributed by atoms with van der Waals surface area (Å²) in [6.45, 7) is 3.00. The minimum Gasteiger partial charge on any atom is -0.501 e. The van der Waals surface area contributed by atoms with Gasteiger partial charge in [0.15, 0.2) is 0 Å². The van der Waals surface area contributed by atoms with Gasteiger partial charge in [0, 0.05) is 5.92 Å². The first-order valence-electron chi connectivity index (χ1n) is 2.18. The van der Waals surface area contributed by atoms with Crippen LogP contribution in [-0.2, 0) is 4.74 Å². The Morgan fingerprint density at radius 1 is 1.83 bits per heavy atom. The lowest BCUT2D eigenvalue weighted by Crippen LogP contribution is -1.88. The van der Waals surface area contributed by atoms with Crippen molar-refractivity contribution in [3.63, 3.8) is 0 Å². The third-order valence-electron chi connectivity index (χ3n) is 0.862. The fraction of sp³-hybridized carbons (Fsp3) is 0.600. The highest BCUT2D eigenvalue weighted by atomic mass is 16.5. The SMILES string of the molecule is C[C@H]1C=COC1. The van der Waals surface area contributed by atoms with Gasteiger partial charge in [0.05, 0.1) is 12.9 Å². The Morgan fingerprint density at radius 2 is 2.67 bits per heavy atom. The second kappa shape index (κ2) is 1.33. The molecule has 0 fully saturated rings. The molecule has 0 saturated carbocycles. The Morgan fingerprint density at radius 3 is 2.83 bits per heavy atom. The molecule has 1 rings (SSSR count). The van der Waals surface area contributed by atoms with Crippen LogP contribution in [0.3, 0.4) is 0 Å². The first-order chi connectivity index (χ1) is 2.89. The fourth-order valence-corrected chi connectivity index (χ4v) is 0.453. The smallest absolute Gasteiger partial charge is 0.0934 e. The zero-order valence-corrected chi connectivity index (χ0v) is 3.85. The molecule has 0 amide bonds. The molecule has 0 aromatic carbocycles. The average molecular weight is 84.1 g/mol. The van der Waals surface area contributed by atoms with E-state index in [-0.39, 0.29) is 0 Å². The van der Waals surface area contributed by atoms with E-state index in [2.05, 4.69) is 13.0 Å². The lowest BCUT2D eigenvalue weighted by molar-refractivity contribution is 0.255. The Labute approximate surface area is 37.6 Å². The van der Waals surface area contributed by atoms with Gasteiger partial charge in [-0.25, -0.2) is 0 Å². The molecule has 0 radical (unpaired) electrons. The van der Waals surface area contributed by atoms with Crippen LogP contribution in [0.5, 0.6) is 0 Å². The summed E-state index contributed by atoms with van der Waals surface area (Å²) in [6, 6.07) is 0. The molecule has 1 atom stereocenters. The van der Waals surface area contributed by atoms with Gasteiger partial charge in [0.2, 0.25) is 0 Å². The Bertz CT molecular complexity index is 66.3. The summed E-state index contributed by atoms with van der Waals surface area (Å²) in [7, 11) is 0. The van der Waals surface area contributed by atoms with E-state index in [1.807, 2.05) is 0 Å². The zero-order valence-electron chi connectivity index (χ0n) is 3.85. The highest BCUT2D eigenvalue weighted by Gasteiger charge is 1.99. The normalized spacial score (nSPS) is 30.5. The van der Waals surface area contributed by atoms with E-state index < -0.39 is 0 Å². The molecule has 1 heterocycles. The number of hydrogen-bond donors (Lipinski definition) is 0. The largest absolute Gasteiger partial charge is 0.501 e. The van der Waals surface area contributed by atoms with Crippen LogP contribution in [-0.4, -0.2) is 6.61 Å². The summed E-state index contributed by atoms with van der Waals surface area (Å²) in [5.74, 6) is 0.644. The van der Waals surface area contributed by atoms with Crippen molar-refractivity contribution in [3.8, 4) is 0 Å². The molecular weight excluding hydrogens is 76.1 g/mol. The fourth-order valence-electron chi connectivity index (χ4n) is 0.453. The van der Waals surface area contributed by atoms with E-state index in [4.69, 9.17) is 4.74 Å². The van der Waals surface area contributed by atoms with E-state index in [0.717, 1.165) is 6.61 Å². The van der Waals surface area contributed by atoms with E-state index in [0.29, 0.717) is 5.92 Å². The molecule has 0 aromatic rings. The third kappa shape index (κ3) is 0.534. The maximum atomic E-state index is 4.88. The molecule has 0 unspecified atom stereocenters. The summed E-state index contributed by atoms with van der Waals surface area (Å²) in [4.78, 5) is 0. The quantitative estimate of drug-likeness (QED) is 0.428. The van der Waals surface area contributed by atoms with Crippen LogP contribution in [0.25, 0.3) is 0 Å². The summed E-state index contributed by atoms with van der Waals surface area (Å²) in [5.41, 5.74) is 0. The topological polar surface area (TPSA) is 9.23 Å². The molecule has 1 aliphatic rings. The van der Waals surface area contributed by atoms with Gasteiger partial charge in [-0.05, 0) is 6.08 Å². The van der Waals surface area contributed by atoms with Crippen molar-refractivity contribution >= 4 is 0 Å². The summed E-state index contributed by atoms with van der Waals surface area (Å²) >= 11 is 0. The third-order valence-corrected chi connectivity index (χ3v) is 0.862. The first-order valence-corrected chi connectivity index (χ1v) is 2.18. The van der Waals surface area contributed by atoms with Gasteiger partial charge in [0.1, 0.15) is 0 Å². The van der Waals surface area contributed by atoms with E-state index in [9.17, 15) is 0 Å². The van der Waals surface area contributed by atoms with Crippen LogP contribution in [0.4, 0.5) is 0 Å². The second-order valence-corrected chi connectivity index (χ2v) is 1.64. The predicted octanol–water partition coefficient (Wildman–Crippen LogP) is 1.17. The van der Waals surface area contributed by atoms with Gasteiger partial charge in [-0.1, -0.05) is 6.92 Å². The van der Waals surface area contributed by atoms with Crippen molar-refractivity contribution in [2.24, 2.45) is 5.92 Å². The predicted molar refractivity (Wildman–Crippen MR) is 24.3 cm³/mol. The van der Waals surface area contributed by atoms with Crippen LogP contribution in [0.15, 0.2) is 12.3 Å². The van der Waals surface area contributed by atoms with Crippen LogP contribution in [0.1, 0.15) is 6.92 Å². The van der Waals surface area contributed by atoms with Crippen molar-refractivity contribution in [3.05, 3.63) is 12.3 Å². The molecule has 0 N–H and O–H groups in total. The van der Waals surface area contributed by atoms with Gasteiger partial charge in [-0.15, -0.1) is 0 Å². The van der Waals surface area contributed by atoms with Crippen molar-refractivity contribution in [2.75, 3.05) is 6.61 Å². The monoisotopic (exact) mass is 84.1 g/mol. The Hall–Kier alpha value is -0.460. The molecule has 34 valence electrons. The van der Waals surface area contributed by atoms with E-state index in [1.165, 1.54) is 0 Å². The maximum absolute atomic E-state index is 4.88.